The van der Waals surface area contributed by atoms with Crippen LogP contribution in [-0.4, -0.2) is 26.4 Å². The highest BCUT2D eigenvalue weighted by atomic mass is 79.9. The van der Waals surface area contributed by atoms with Gasteiger partial charge < -0.3 is 17.0 Å². The molecule has 0 saturated carbocycles. The lowest BCUT2D eigenvalue weighted by Crippen LogP contribution is -3.00. The van der Waals surface area contributed by atoms with Gasteiger partial charge in [-0.05, 0) is 0 Å². The van der Waals surface area contributed by atoms with E-state index < -0.39 is 15.9 Å². The Kier molecular flexibility index (Phi) is 7.20. The van der Waals surface area contributed by atoms with Crippen molar-refractivity contribution < 1.29 is 39.6 Å². The predicted octanol–water partition coefficient (Wildman–Crippen LogP) is -2.94. The number of pyridine rings is 1. The Labute approximate surface area is 150 Å². The average Bonchev–Trinajstić information content (AvgIpc) is 2.53. The summed E-state index contributed by atoms with van der Waals surface area (Å²) in [4.78, 5) is 25.7. The maximum absolute atomic E-state index is 12.1. The summed E-state index contributed by atoms with van der Waals surface area (Å²) in [6.07, 6.45) is 4.09. The van der Waals surface area contributed by atoms with Gasteiger partial charge in [-0.15, -0.1) is 4.83 Å². The summed E-state index contributed by atoms with van der Waals surface area (Å²) in [5, 5.41) is 0. The van der Waals surface area contributed by atoms with Crippen LogP contribution in [0, 0.1) is 0 Å². The number of nitrogens with one attached hydrogen (secondary N) is 2. The molecule has 2 aromatic rings. The summed E-state index contributed by atoms with van der Waals surface area (Å²) in [5.41, 5.74) is 2.95. The van der Waals surface area contributed by atoms with E-state index in [-0.39, 0.29) is 34.9 Å². The number of carbonyl (C=O) groups is 2. The number of rotatable bonds is 6. The van der Waals surface area contributed by atoms with Crippen molar-refractivity contribution in [2.45, 2.75) is 6.54 Å². The first-order chi connectivity index (χ1) is 10.8. The summed E-state index contributed by atoms with van der Waals surface area (Å²) in [5.74, 6) is -0.636. The smallest absolute Gasteiger partial charge is 0.266 e. The molecule has 1 aromatic heterocycles. The van der Waals surface area contributed by atoms with E-state index in [9.17, 15) is 18.0 Å². The van der Waals surface area contributed by atoms with Crippen LogP contribution in [0.25, 0.3) is 0 Å². The molecule has 0 aliphatic rings. The Hall–Kier alpha value is -2.10. The van der Waals surface area contributed by atoms with Crippen LogP contribution < -0.4 is 31.8 Å². The molecule has 1 heterocycles. The fourth-order valence-corrected chi connectivity index (χ4v) is 2.08. The maximum atomic E-state index is 12.1. The fraction of sp³-hybridized carbons (Fsp3) is 0.133. The van der Waals surface area contributed by atoms with Gasteiger partial charge in [-0.25, -0.2) is 8.42 Å². The second-order valence-corrected chi connectivity index (χ2v) is 6.63. The van der Waals surface area contributed by atoms with Crippen LogP contribution in [0.2, 0.25) is 0 Å². The molecule has 0 unspecified atom stereocenters. The van der Waals surface area contributed by atoms with Gasteiger partial charge in [0.2, 0.25) is 22.4 Å². The molecule has 0 atom stereocenters. The molecule has 128 valence electrons. The topological polar surface area (TPSA) is 96.2 Å². The first-order valence-corrected chi connectivity index (χ1v) is 8.59. The second kappa shape index (κ2) is 8.67. The van der Waals surface area contributed by atoms with Crippen molar-refractivity contribution >= 4 is 21.7 Å². The highest BCUT2D eigenvalue weighted by Crippen LogP contribution is 2.00. The quantitative estimate of drug-likeness (QED) is 0.300. The van der Waals surface area contributed by atoms with Gasteiger partial charge in [0.05, 0.1) is 11.8 Å². The zero-order chi connectivity index (χ0) is 16.9. The third kappa shape index (κ3) is 6.19. The van der Waals surface area contributed by atoms with Crippen molar-refractivity contribution in [3.8, 4) is 0 Å². The highest BCUT2D eigenvalue weighted by Gasteiger charge is 2.13. The van der Waals surface area contributed by atoms with Gasteiger partial charge in [-0.3, -0.25) is 15.0 Å². The predicted molar refractivity (Wildman–Crippen MR) is 82.9 cm³/mol. The van der Waals surface area contributed by atoms with Crippen molar-refractivity contribution in [3.05, 3.63) is 66.0 Å². The molecule has 1 aromatic carbocycles. The van der Waals surface area contributed by atoms with E-state index in [4.69, 9.17) is 0 Å². The van der Waals surface area contributed by atoms with Crippen LogP contribution in [0.3, 0.4) is 0 Å². The lowest BCUT2D eigenvalue weighted by Gasteiger charge is -2.04. The standard InChI is InChI=1S/C15H15N3O4S.BrH/c1-23(21,22)17-16-15(20)13-7-9-18(10-8-13)11-14(19)12-5-3-2-4-6-12;/h2-10,20H,11H2,1H3;1H. The van der Waals surface area contributed by atoms with Gasteiger partial charge in [0.1, 0.15) is 0 Å². The molecule has 2 rings (SSSR count). The van der Waals surface area contributed by atoms with E-state index in [1.807, 2.05) is 10.9 Å². The fourth-order valence-electron chi connectivity index (χ4n) is 1.81. The van der Waals surface area contributed by atoms with Crippen LogP contribution in [0.4, 0.5) is 0 Å². The second-order valence-electron chi connectivity index (χ2n) is 4.88. The highest BCUT2D eigenvalue weighted by molar-refractivity contribution is 7.88. The molecular formula is C15H16BrN3O4S. The van der Waals surface area contributed by atoms with Gasteiger partial charge >= 0.3 is 0 Å². The molecule has 0 bridgehead atoms. The molecular weight excluding hydrogens is 398 g/mol. The van der Waals surface area contributed by atoms with Gasteiger partial charge in [0, 0.05) is 17.7 Å². The molecule has 9 heteroatoms. The van der Waals surface area contributed by atoms with E-state index in [0.717, 1.165) is 6.26 Å². The third-order valence-electron chi connectivity index (χ3n) is 2.93. The Morgan fingerprint density at radius 1 is 1.00 bits per heavy atom. The maximum Gasteiger partial charge on any atom is 0.266 e. The van der Waals surface area contributed by atoms with Gasteiger partial charge in [-0.2, -0.15) is 4.57 Å². The largest absolute Gasteiger partial charge is 1.00 e. The molecule has 0 spiro atoms. The van der Waals surface area contributed by atoms with E-state index in [2.05, 4.69) is 5.43 Å². The average molecular weight is 414 g/mol. The van der Waals surface area contributed by atoms with Crippen molar-refractivity contribution in [1.29, 1.82) is 0 Å². The number of aromatic nitrogens is 1. The molecule has 1 amide bonds. The Bertz CT molecular complexity index is 808. The number of carbonyl (C=O) groups excluding carboxylic acids is 2. The normalized spacial score (nSPS) is 10.5. The third-order valence-corrected chi connectivity index (χ3v) is 3.40. The molecule has 24 heavy (non-hydrogen) atoms. The van der Waals surface area contributed by atoms with Crippen molar-refractivity contribution in [3.63, 3.8) is 0 Å². The van der Waals surface area contributed by atoms with E-state index in [0.29, 0.717) is 5.56 Å². The first kappa shape index (κ1) is 19.9. The van der Waals surface area contributed by atoms with Crippen LogP contribution in [-0.2, 0) is 16.6 Å². The van der Waals surface area contributed by atoms with Gasteiger partial charge in [0.15, 0.2) is 12.4 Å². The number of Topliss-reactive ketones (excluding diaryl/α,β-unsaturated/α-hetero) is 1. The number of halogens is 1. The molecule has 2 N–H and O–H groups in total. The van der Waals surface area contributed by atoms with E-state index in [1.54, 1.807) is 41.2 Å². The Morgan fingerprint density at radius 3 is 2.12 bits per heavy atom. The Morgan fingerprint density at radius 2 is 1.58 bits per heavy atom. The monoisotopic (exact) mass is 413 g/mol. The molecule has 7 nitrogen and oxygen atoms in total. The summed E-state index contributed by atoms with van der Waals surface area (Å²) in [7, 11) is -3.51. The summed E-state index contributed by atoms with van der Waals surface area (Å²) in [6, 6.07) is 11.9. The molecule has 0 aliphatic carbocycles. The molecule has 0 aliphatic heterocycles. The van der Waals surface area contributed by atoms with Gasteiger partial charge in [0.25, 0.3) is 5.91 Å². The van der Waals surface area contributed by atoms with Crippen molar-refractivity contribution in [1.82, 2.24) is 10.3 Å². The number of benzene rings is 1. The minimum atomic E-state index is -3.51. The number of sulfonamides is 1. The number of ketones is 1. The minimum absolute atomic E-state index is 0. The number of nitrogens with zero attached hydrogens (tertiary/aromatic N) is 1. The zero-order valence-corrected chi connectivity index (χ0v) is 15.2. The van der Waals surface area contributed by atoms with Crippen LogP contribution in [0.1, 0.15) is 20.7 Å². The van der Waals surface area contributed by atoms with Crippen molar-refractivity contribution in [2.24, 2.45) is 0 Å². The van der Waals surface area contributed by atoms with E-state index in [1.165, 1.54) is 12.1 Å². The summed E-state index contributed by atoms with van der Waals surface area (Å²) in [6.45, 7) is 0.146. The van der Waals surface area contributed by atoms with Crippen LogP contribution in [0.15, 0.2) is 54.9 Å². The molecule has 0 fully saturated rings. The van der Waals surface area contributed by atoms with Crippen LogP contribution >= 0.6 is 0 Å². The number of hydrazine groups is 1. The Balaban J connectivity index is 0.00000288. The number of hydrogen-bond donors (Lipinski definition) is 2. The lowest BCUT2D eigenvalue weighted by molar-refractivity contribution is -0.683. The summed E-state index contributed by atoms with van der Waals surface area (Å²) >= 11 is 0. The minimum Gasteiger partial charge on any atom is -1.00 e. The number of hydrogen-bond acceptors (Lipinski definition) is 4. The summed E-state index contributed by atoms with van der Waals surface area (Å²) < 4.78 is 23.5. The number of amides is 1. The van der Waals surface area contributed by atoms with E-state index >= 15 is 0 Å². The van der Waals surface area contributed by atoms with Crippen molar-refractivity contribution in [2.75, 3.05) is 6.26 Å². The molecule has 0 radical (unpaired) electrons. The SMILES string of the molecule is CS(=O)(=O)NNC(=O)c1cc[n+](CC(=O)c2ccccc2)cc1.[Br-]. The van der Waals surface area contributed by atoms with Crippen LogP contribution in [0.5, 0.6) is 0 Å². The lowest BCUT2D eigenvalue weighted by atomic mass is 10.1. The zero-order valence-electron chi connectivity index (χ0n) is 12.8. The van der Waals surface area contributed by atoms with Gasteiger partial charge in [-0.1, -0.05) is 30.3 Å². The molecule has 0 saturated heterocycles. The first-order valence-electron chi connectivity index (χ1n) is 6.69.